The standard InChI is InChI=1S/C15H15NO4S2/c1-10-3-6-15(21-10)22(18,19)16-8-7-14(17)12-5-4-11(20-2)9-13(12)16/h3-6,9H,7-8H2,1-2H3. The fourth-order valence-corrected chi connectivity index (χ4v) is 5.32. The summed E-state index contributed by atoms with van der Waals surface area (Å²) in [5.41, 5.74) is 0.811. The highest BCUT2D eigenvalue weighted by molar-refractivity contribution is 7.94. The summed E-state index contributed by atoms with van der Waals surface area (Å²) in [6.45, 7) is 2.01. The van der Waals surface area contributed by atoms with Crippen molar-refractivity contribution in [2.75, 3.05) is 18.0 Å². The number of thiophene rings is 1. The molecule has 1 aromatic carbocycles. The van der Waals surface area contributed by atoms with Crippen LogP contribution in [0.15, 0.2) is 34.5 Å². The number of rotatable bonds is 3. The monoisotopic (exact) mass is 337 g/mol. The van der Waals surface area contributed by atoms with Crippen LogP contribution in [0, 0.1) is 6.92 Å². The maximum absolute atomic E-state index is 12.9. The zero-order valence-electron chi connectivity index (χ0n) is 12.2. The Balaban J connectivity index is 2.14. The molecule has 2 heterocycles. The van der Waals surface area contributed by atoms with Crippen molar-refractivity contribution in [2.24, 2.45) is 0 Å². The van der Waals surface area contributed by atoms with E-state index in [0.717, 1.165) is 4.88 Å². The van der Waals surface area contributed by atoms with Crippen LogP contribution in [0.2, 0.25) is 0 Å². The van der Waals surface area contributed by atoms with Crippen LogP contribution < -0.4 is 9.04 Å². The highest BCUT2D eigenvalue weighted by Crippen LogP contribution is 2.36. The van der Waals surface area contributed by atoms with Gasteiger partial charge in [-0.1, -0.05) is 0 Å². The minimum Gasteiger partial charge on any atom is -0.497 e. The number of benzene rings is 1. The number of hydrogen-bond acceptors (Lipinski definition) is 5. The van der Waals surface area contributed by atoms with Gasteiger partial charge in [0.1, 0.15) is 9.96 Å². The van der Waals surface area contributed by atoms with Crippen molar-refractivity contribution in [3.63, 3.8) is 0 Å². The van der Waals surface area contributed by atoms with Crippen LogP contribution in [0.4, 0.5) is 5.69 Å². The molecular weight excluding hydrogens is 322 g/mol. The van der Waals surface area contributed by atoms with Crippen molar-refractivity contribution in [1.82, 2.24) is 0 Å². The number of methoxy groups -OCH3 is 1. The number of ether oxygens (including phenoxy) is 1. The topological polar surface area (TPSA) is 63.7 Å². The summed E-state index contributed by atoms with van der Waals surface area (Å²) in [6, 6.07) is 8.27. The summed E-state index contributed by atoms with van der Waals surface area (Å²) in [5, 5.41) is 0. The van der Waals surface area contributed by atoms with Crippen LogP contribution in [0.3, 0.4) is 0 Å². The average Bonchev–Trinajstić information content (AvgIpc) is 2.94. The van der Waals surface area contributed by atoms with Gasteiger partial charge in [0.25, 0.3) is 10.0 Å². The Kier molecular flexibility index (Phi) is 3.70. The molecule has 0 fully saturated rings. The zero-order chi connectivity index (χ0) is 15.9. The normalized spacial score (nSPS) is 14.8. The number of anilines is 1. The number of carbonyl (C=O) groups excluding carboxylic acids is 1. The summed E-state index contributed by atoms with van der Waals surface area (Å²) in [5.74, 6) is 0.475. The van der Waals surface area contributed by atoms with E-state index < -0.39 is 10.0 Å². The highest BCUT2D eigenvalue weighted by Gasteiger charge is 2.33. The van der Waals surface area contributed by atoms with Gasteiger partial charge in [-0.15, -0.1) is 11.3 Å². The molecule has 3 rings (SSSR count). The van der Waals surface area contributed by atoms with Gasteiger partial charge in [0.15, 0.2) is 5.78 Å². The first-order chi connectivity index (χ1) is 10.4. The zero-order valence-corrected chi connectivity index (χ0v) is 13.8. The predicted molar refractivity (Wildman–Crippen MR) is 85.5 cm³/mol. The number of fused-ring (bicyclic) bond motifs is 1. The first-order valence-corrected chi connectivity index (χ1v) is 8.99. The molecular formula is C15H15NO4S2. The van der Waals surface area contributed by atoms with Gasteiger partial charge >= 0.3 is 0 Å². The maximum atomic E-state index is 12.9. The molecule has 1 aliphatic heterocycles. The van der Waals surface area contributed by atoms with E-state index >= 15 is 0 Å². The molecule has 0 atom stereocenters. The number of nitrogens with zero attached hydrogens (tertiary/aromatic N) is 1. The van der Waals surface area contributed by atoms with Gasteiger partial charge in [-0.05, 0) is 31.2 Å². The molecule has 0 amide bonds. The molecule has 116 valence electrons. The summed E-state index contributed by atoms with van der Waals surface area (Å²) >= 11 is 1.23. The largest absolute Gasteiger partial charge is 0.497 e. The molecule has 22 heavy (non-hydrogen) atoms. The molecule has 0 saturated carbocycles. The fraction of sp³-hybridized carbons (Fsp3) is 0.267. The second-order valence-electron chi connectivity index (χ2n) is 5.00. The molecule has 0 saturated heterocycles. The Morgan fingerprint density at radius 1 is 1.23 bits per heavy atom. The lowest BCUT2D eigenvalue weighted by Gasteiger charge is -2.29. The second kappa shape index (κ2) is 5.40. The maximum Gasteiger partial charge on any atom is 0.273 e. The summed E-state index contributed by atoms with van der Waals surface area (Å²) in [7, 11) is -2.15. The molecule has 0 radical (unpaired) electrons. The lowest BCUT2D eigenvalue weighted by Crippen LogP contribution is -2.37. The molecule has 5 nitrogen and oxygen atoms in total. The Bertz CT molecular complexity index is 839. The first kappa shape index (κ1) is 15.1. The minimum absolute atomic E-state index is 0.0496. The van der Waals surface area contributed by atoms with Crippen molar-refractivity contribution in [3.8, 4) is 5.75 Å². The van der Waals surface area contributed by atoms with Crippen LogP contribution in [-0.2, 0) is 10.0 Å². The van der Waals surface area contributed by atoms with Gasteiger partial charge in [-0.25, -0.2) is 8.42 Å². The van der Waals surface area contributed by atoms with Gasteiger partial charge < -0.3 is 4.74 Å². The predicted octanol–water partition coefficient (Wildman–Crippen LogP) is 2.85. The van der Waals surface area contributed by atoms with Gasteiger partial charge in [0, 0.05) is 29.5 Å². The molecule has 0 N–H and O–H groups in total. The van der Waals surface area contributed by atoms with E-state index in [1.54, 1.807) is 30.3 Å². The van der Waals surface area contributed by atoms with Crippen LogP contribution in [0.5, 0.6) is 5.75 Å². The SMILES string of the molecule is COc1ccc2c(c1)N(S(=O)(=O)c1ccc(C)s1)CCC2=O. The van der Waals surface area contributed by atoms with Crippen LogP contribution in [0.25, 0.3) is 0 Å². The van der Waals surface area contributed by atoms with Gasteiger partial charge in [-0.2, -0.15) is 0 Å². The van der Waals surface area contributed by atoms with Crippen molar-refractivity contribution in [3.05, 3.63) is 40.8 Å². The average molecular weight is 337 g/mol. The van der Waals surface area contributed by atoms with Gasteiger partial charge in [0.05, 0.1) is 12.8 Å². The molecule has 1 aromatic heterocycles. The van der Waals surface area contributed by atoms with Crippen LogP contribution in [0.1, 0.15) is 21.7 Å². The minimum atomic E-state index is -3.66. The van der Waals surface area contributed by atoms with Gasteiger partial charge in [0.2, 0.25) is 0 Å². The first-order valence-electron chi connectivity index (χ1n) is 6.74. The number of ketones is 1. The van der Waals surface area contributed by atoms with Gasteiger partial charge in [-0.3, -0.25) is 9.10 Å². The number of sulfonamides is 1. The molecule has 7 heteroatoms. The molecule has 0 unspecified atom stereocenters. The quantitative estimate of drug-likeness (QED) is 0.864. The fourth-order valence-electron chi connectivity index (χ4n) is 2.45. The molecule has 0 bridgehead atoms. The van der Waals surface area contributed by atoms with Crippen molar-refractivity contribution < 1.29 is 17.9 Å². The molecule has 0 aliphatic carbocycles. The van der Waals surface area contributed by atoms with E-state index in [0.29, 0.717) is 17.0 Å². The Labute approximate surface area is 133 Å². The third-order valence-electron chi connectivity index (χ3n) is 3.58. The summed E-state index contributed by atoms with van der Waals surface area (Å²) in [6.07, 6.45) is 0.183. The highest BCUT2D eigenvalue weighted by atomic mass is 32.2. The number of aryl methyl sites for hydroxylation is 1. The Hall–Kier alpha value is -1.86. The summed E-state index contributed by atoms with van der Waals surface area (Å²) < 4.78 is 32.5. The third kappa shape index (κ3) is 2.40. The number of Topliss-reactive ketones (excluding diaryl/α,β-unsaturated/α-hetero) is 1. The Morgan fingerprint density at radius 2 is 2.00 bits per heavy atom. The third-order valence-corrected chi connectivity index (χ3v) is 6.86. The number of carbonyl (C=O) groups is 1. The lowest BCUT2D eigenvalue weighted by atomic mass is 10.0. The van der Waals surface area contributed by atoms with Crippen LogP contribution in [-0.4, -0.2) is 27.9 Å². The van der Waals surface area contributed by atoms with E-state index in [1.807, 2.05) is 6.92 Å². The van der Waals surface area contributed by atoms with E-state index in [2.05, 4.69) is 0 Å². The van der Waals surface area contributed by atoms with E-state index in [4.69, 9.17) is 4.74 Å². The van der Waals surface area contributed by atoms with Crippen molar-refractivity contribution in [2.45, 2.75) is 17.6 Å². The smallest absolute Gasteiger partial charge is 0.273 e. The number of hydrogen-bond donors (Lipinski definition) is 0. The van der Waals surface area contributed by atoms with E-state index in [9.17, 15) is 13.2 Å². The lowest BCUT2D eigenvalue weighted by molar-refractivity contribution is 0.0982. The molecule has 0 spiro atoms. The molecule has 1 aliphatic rings. The van der Waals surface area contributed by atoms with E-state index in [-0.39, 0.29) is 23.0 Å². The summed E-state index contributed by atoms with van der Waals surface area (Å²) in [4.78, 5) is 13.0. The van der Waals surface area contributed by atoms with Crippen molar-refractivity contribution >= 4 is 32.8 Å². The second-order valence-corrected chi connectivity index (χ2v) is 8.38. The van der Waals surface area contributed by atoms with E-state index in [1.165, 1.54) is 22.8 Å². The molecule has 2 aromatic rings. The van der Waals surface area contributed by atoms with Crippen LogP contribution >= 0.6 is 11.3 Å². The van der Waals surface area contributed by atoms with Crippen molar-refractivity contribution in [1.29, 1.82) is 0 Å². The Morgan fingerprint density at radius 3 is 2.64 bits per heavy atom.